The SMILES string of the molecule is CCNCc1ccc(OCCC(C)O)cn1. The second-order valence-electron chi connectivity index (χ2n) is 3.75. The van der Waals surface area contributed by atoms with E-state index >= 15 is 0 Å². The summed E-state index contributed by atoms with van der Waals surface area (Å²) in [6.45, 7) is 6.05. The van der Waals surface area contributed by atoms with E-state index in [-0.39, 0.29) is 6.10 Å². The molecular formula is C12H20N2O2. The Morgan fingerprint density at radius 2 is 2.31 bits per heavy atom. The number of nitrogens with zero attached hydrogens (tertiary/aromatic N) is 1. The lowest BCUT2D eigenvalue weighted by Gasteiger charge is -2.08. The summed E-state index contributed by atoms with van der Waals surface area (Å²) in [5, 5.41) is 12.3. The van der Waals surface area contributed by atoms with E-state index in [1.165, 1.54) is 0 Å². The number of aliphatic hydroxyl groups is 1. The molecule has 0 radical (unpaired) electrons. The summed E-state index contributed by atoms with van der Waals surface area (Å²) in [7, 11) is 0. The predicted octanol–water partition coefficient (Wildman–Crippen LogP) is 1.34. The first-order valence-electron chi connectivity index (χ1n) is 5.69. The first-order chi connectivity index (χ1) is 7.72. The monoisotopic (exact) mass is 224 g/mol. The van der Waals surface area contributed by atoms with E-state index in [1.807, 2.05) is 12.1 Å². The maximum Gasteiger partial charge on any atom is 0.137 e. The molecule has 0 saturated heterocycles. The van der Waals surface area contributed by atoms with Crippen molar-refractivity contribution < 1.29 is 9.84 Å². The molecule has 0 saturated carbocycles. The summed E-state index contributed by atoms with van der Waals surface area (Å²) in [5.74, 6) is 0.751. The maximum atomic E-state index is 9.07. The highest BCUT2D eigenvalue weighted by Gasteiger charge is 1.98. The van der Waals surface area contributed by atoms with E-state index in [2.05, 4.69) is 17.2 Å². The molecule has 0 aromatic carbocycles. The van der Waals surface area contributed by atoms with Gasteiger partial charge in [0.05, 0.1) is 24.6 Å². The minimum absolute atomic E-state index is 0.319. The van der Waals surface area contributed by atoms with Crippen molar-refractivity contribution in [3.63, 3.8) is 0 Å². The fourth-order valence-electron chi connectivity index (χ4n) is 1.20. The normalized spacial score (nSPS) is 12.4. The van der Waals surface area contributed by atoms with Crippen molar-refractivity contribution in [3.05, 3.63) is 24.0 Å². The molecule has 0 spiro atoms. The van der Waals surface area contributed by atoms with Gasteiger partial charge in [0.25, 0.3) is 0 Å². The summed E-state index contributed by atoms with van der Waals surface area (Å²) >= 11 is 0. The lowest BCUT2D eigenvalue weighted by Crippen LogP contribution is -2.12. The molecular weight excluding hydrogens is 204 g/mol. The third-order valence-corrected chi connectivity index (χ3v) is 2.16. The summed E-state index contributed by atoms with van der Waals surface area (Å²) in [4.78, 5) is 4.26. The van der Waals surface area contributed by atoms with E-state index < -0.39 is 0 Å². The van der Waals surface area contributed by atoms with Gasteiger partial charge >= 0.3 is 0 Å². The number of rotatable bonds is 7. The standard InChI is InChI=1S/C12H20N2O2/c1-3-13-8-11-4-5-12(9-14-11)16-7-6-10(2)15/h4-5,9-10,13,15H,3,6-8H2,1-2H3. The van der Waals surface area contributed by atoms with Gasteiger partial charge in [-0.3, -0.25) is 4.98 Å². The number of hydrogen-bond donors (Lipinski definition) is 2. The van der Waals surface area contributed by atoms with Crippen molar-refractivity contribution in [2.75, 3.05) is 13.2 Å². The van der Waals surface area contributed by atoms with Crippen LogP contribution in [0.1, 0.15) is 26.0 Å². The van der Waals surface area contributed by atoms with Crippen LogP contribution < -0.4 is 10.1 Å². The lowest BCUT2D eigenvalue weighted by atomic mass is 10.3. The quantitative estimate of drug-likeness (QED) is 0.734. The molecule has 4 heteroatoms. The molecule has 4 nitrogen and oxygen atoms in total. The first kappa shape index (κ1) is 12.9. The predicted molar refractivity (Wildman–Crippen MR) is 63.4 cm³/mol. The van der Waals surface area contributed by atoms with Crippen LogP contribution in [-0.4, -0.2) is 29.3 Å². The third-order valence-electron chi connectivity index (χ3n) is 2.16. The van der Waals surface area contributed by atoms with Crippen LogP contribution in [0, 0.1) is 0 Å². The summed E-state index contributed by atoms with van der Waals surface area (Å²) in [6.07, 6.45) is 2.04. The Kier molecular flexibility index (Phi) is 5.82. The van der Waals surface area contributed by atoms with Crippen molar-refractivity contribution in [2.24, 2.45) is 0 Å². The number of aliphatic hydroxyl groups excluding tert-OH is 1. The molecule has 0 aliphatic heterocycles. The van der Waals surface area contributed by atoms with Gasteiger partial charge in [0.1, 0.15) is 5.75 Å². The van der Waals surface area contributed by atoms with Gasteiger partial charge in [-0.2, -0.15) is 0 Å². The van der Waals surface area contributed by atoms with E-state index in [0.29, 0.717) is 13.0 Å². The number of hydrogen-bond acceptors (Lipinski definition) is 4. The minimum Gasteiger partial charge on any atom is -0.492 e. The molecule has 1 aromatic rings. The Hall–Kier alpha value is -1.13. The van der Waals surface area contributed by atoms with Gasteiger partial charge in [-0.25, -0.2) is 0 Å². The topological polar surface area (TPSA) is 54.4 Å². The smallest absolute Gasteiger partial charge is 0.137 e. The number of nitrogens with one attached hydrogen (secondary N) is 1. The van der Waals surface area contributed by atoms with Crippen molar-refractivity contribution in [1.29, 1.82) is 0 Å². The van der Waals surface area contributed by atoms with Gasteiger partial charge < -0.3 is 15.2 Å². The second-order valence-corrected chi connectivity index (χ2v) is 3.75. The van der Waals surface area contributed by atoms with Crippen LogP contribution >= 0.6 is 0 Å². The molecule has 0 fully saturated rings. The molecule has 1 atom stereocenters. The molecule has 1 rings (SSSR count). The van der Waals surface area contributed by atoms with Gasteiger partial charge in [-0.1, -0.05) is 6.92 Å². The van der Waals surface area contributed by atoms with Gasteiger partial charge in [0.15, 0.2) is 0 Å². The highest BCUT2D eigenvalue weighted by atomic mass is 16.5. The van der Waals surface area contributed by atoms with Crippen molar-refractivity contribution >= 4 is 0 Å². The molecule has 16 heavy (non-hydrogen) atoms. The molecule has 1 aromatic heterocycles. The highest BCUT2D eigenvalue weighted by molar-refractivity contribution is 5.19. The van der Waals surface area contributed by atoms with Gasteiger partial charge in [-0.15, -0.1) is 0 Å². The average molecular weight is 224 g/mol. The van der Waals surface area contributed by atoms with Crippen molar-refractivity contribution in [3.8, 4) is 5.75 Å². The van der Waals surface area contributed by atoms with Crippen LogP contribution in [0.4, 0.5) is 0 Å². The molecule has 0 aliphatic carbocycles. The Balaban J connectivity index is 2.33. The fourth-order valence-corrected chi connectivity index (χ4v) is 1.20. The molecule has 1 unspecified atom stereocenters. The van der Waals surface area contributed by atoms with Gasteiger partial charge in [0, 0.05) is 13.0 Å². The zero-order valence-corrected chi connectivity index (χ0v) is 9.94. The third kappa shape index (κ3) is 5.09. The van der Waals surface area contributed by atoms with E-state index in [9.17, 15) is 0 Å². The maximum absolute atomic E-state index is 9.07. The lowest BCUT2D eigenvalue weighted by molar-refractivity contribution is 0.155. The van der Waals surface area contributed by atoms with Crippen molar-refractivity contribution in [2.45, 2.75) is 32.9 Å². The van der Waals surface area contributed by atoms with Crippen LogP contribution in [0.15, 0.2) is 18.3 Å². The van der Waals surface area contributed by atoms with Gasteiger partial charge in [-0.05, 0) is 25.6 Å². The average Bonchev–Trinajstić information content (AvgIpc) is 2.27. The fraction of sp³-hybridized carbons (Fsp3) is 0.583. The van der Waals surface area contributed by atoms with Gasteiger partial charge in [0.2, 0.25) is 0 Å². The molecule has 1 heterocycles. The van der Waals surface area contributed by atoms with Crippen LogP contribution in [0.25, 0.3) is 0 Å². The first-order valence-corrected chi connectivity index (χ1v) is 5.69. The second kappa shape index (κ2) is 7.19. The van der Waals surface area contributed by atoms with Crippen LogP contribution in [0.5, 0.6) is 5.75 Å². The summed E-state index contributed by atoms with van der Waals surface area (Å²) in [5.41, 5.74) is 1.00. The number of pyridine rings is 1. The number of aromatic nitrogens is 1. The molecule has 2 N–H and O–H groups in total. The zero-order valence-electron chi connectivity index (χ0n) is 9.94. The molecule has 0 aliphatic rings. The largest absolute Gasteiger partial charge is 0.492 e. The summed E-state index contributed by atoms with van der Waals surface area (Å²) in [6, 6.07) is 3.85. The molecule has 0 amide bonds. The Morgan fingerprint density at radius 1 is 1.50 bits per heavy atom. The highest BCUT2D eigenvalue weighted by Crippen LogP contribution is 2.09. The molecule has 0 bridgehead atoms. The molecule has 90 valence electrons. The van der Waals surface area contributed by atoms with E-state index in [0.717, 1.165) is 24.5 Å². The van der Waals surface area contributed by atoms with Crippen LogP contribution in [0.2, 0.25) is 0 Å². The van der Waals surface area contributed by atoms with E-state index in [1.54, 1.807) is 13.1 Å². The van der Waals surface area contributed by atoms with Crippen LogP contribution in [0.3, 0.4) is 0 Å². The van der Waals surface area contributed by atoms with Crippen molar-refractivity contribution in [1.82, 2.24) is 10.3 Å². The van der Waals surface area contributed by atoms with Crippen LogP contribution in [-0.2, 0) is 6.54 Å². The Labute approximate surface area is 96.7 Å². The van der Waals surface area contributed by atoms with E-state index in [4.69, 9.17) is 9.84 Å². The minimum atomic E-state index is -0.319. The Morgan fingerprint density at radius 3 is 2.88 bits per heavy atom. The Bertz CT molecular complexity index is 286. The summed E-state index contributed by atoms with van der Waals surface area (Å²) < 4.78 is 5.43. The number of ether oxygens (including phenoxy) is 1. The zero-order chi connectivity index (χ0) is 11.8.